The number of carbonyl (C=O) groups excluding carboxylic acids is 1. The number of amides is 1. The highest BCUT2D eigenvalue weighted by atomic mass is 16.5. The Kier molecular flexibility index (Phi) is 5.66. The Morgan fingerprint density at radius 2 is 1.67 bits per heavy atom. The van der Waals surface area contributed by atoms with Crippen LogP contribution in [-0.2, 0) is 13.1 Å². The number of carbonyl (C=O) groups is 1. The van der Waals surface area contributed by atoms with Gasteiger partial charge >= 0.3 is 0 Å². The highest BCUT2D eigenvalue weighted by molar-refractivity contribution is 5.95. The number of nitrogens with zero attached hydrogens (tertiary/aromatic N) is 2. The maximum Gasteiger partial charge on any atom is 0.271 e. The Bertz CT molecular complexity index is 1050. The lowest BCUT2D eigenvalue weighted by Crippen LogP contribution is -2.18. The number of fused-ring (bicyclic) bond motifs is 1. The number of ether oxygens (including phenoxy) is 2. The molecule has 0 saturated carbocycles. The Morgan fingerprint density at radius 1 is 0.967 bits per heavy atom. The molecular formula is C24H23N3O3. The van der Waals surface area contributed by atoms with Gasteiger partial charge in [0.05, 0.1) is 20.4 Å². The highest BCUT2D eigenvalue weighted by Gasteiger charge is 2.18. The minimum absolute atomic E-state index is 0.269. The van der Waals surface area contributed by atoms with Crippen molar-refractivity contribution in [3.63, 3.8) is 0 Å². The van der Waals surface area contributed by atoms with Crippen LogP contribution in [0.5, 0.6) is 11.5 Å². The lowest BCUT2D eigenvalue weighted by Gasteiger charge is -2.17. The number of benzene rings is 3. The van der Waals surface area contributed by atoms with Crippen molar-refractivity contribution in [1.29, 1.82) is 0 Å². The van der Waals surface area contributed by atoms with Crippen LogP contribution in [0.2, 0.25) is 0 Å². The van der Waals surface area contributed by atoms with E-state index in [1.807, 2.05) is 30.3 Å². The molecule has 0 aromatic heterocycles. The van der Waals surface area contributed by atoms with E-state index in [-0.39, 0.29) is 5.91 Å². The quantitative estimate of drug-likeness (QED) is 0.501. The highest BCUT2D eigenvalue weighted by Crippen LogP contribution is 2.28. The van der Waals surface area contributed by atoms with Crippen LogP contribution in [0.3, 0.4) is 0 Å². The molecule has 30 heavy (non-hydrogen) atoms. The fraction of sp³-hybridized carbons (Fsp3) is 0.167. The van der Waals surface area contributed by atoms with E-state index in [4.69, 9.17) is 9.47 Å². The smallest absolute Gasteiger partial charge is 0.271 e. The molecule has 0 unspecified atom stereocenters. The Morgan fingerprint density at radius 3 is 2.30 bits per heavy atom. The third kappa shape index (κ3) is 4.12. The van der Waals surface area contributed by atoms with Crippen LogP contribution in [-0.4, -0.2) is 26.3 Å². The van der Waals surface area contributed by atoms with Crippen molar-refractivity contribution in [3.05, 3.63) is 89.0 Å². The molecule has 0 saturated heterocycles. The second kappa shape index (κ2) is 8.69. The third-order valence-corrected chi connectivity index (χ3v) is 5.15. The summed E-state index contributed by atoms with van der Waals surface area (Å²) in [5.41, 5.74) is 7.64. The van der Waals surface area contributed by atoms with Gasteiger partial charge in [-0.15, -0.1) is 0 Å². The summed E-state index contributed by atoms with van der Waals surface area (Å²) in [5, 5.41) is 4.05. The first-order chi connectivity index (χ1) is 14.7. The first-order valence-corrected chi connectivity index (χ1v) is 9.65. The number of hydrogen-bond acceptors (Lipinski definition) is 5. The van der Waals surface area contributed by atoms with Gasteiger partial charge in [0, 0.05) is 36.0 Å². The van der Waals surface area contributed by atoms with Crippen molar-refractivity contribution >= 4 is 17.8 Å². The van der Waals surface area contributed by atoms with E-state index in [1.54, 1.807) is 32.6 Å². The van der Waals surface area contributed by atoms with Crippen molar-refractivity contribution in [2.24, 2.45) is 5.10 Å². The third-order valence-electron chi connectivity index (χ3n) is 5.15. The van der Waals surface area contributed by atoms with Crippen LogP contribution in [0.25, 0.3) is 0 Å². The summed E-state index contributed by atoms with van der Waals surface area (Å²) in [6.45, 7) is 1.77. The van der Waals surface area contributed by atoms with Crippen molar-refractivity contribution < 1.29 is 14.3 Å². The zero-order valence-electron chi connectivity index (χ0n) is 17.0. The number of hydrazone groups is 1. The zero-order valence-corrected chi connectivity index (χ0v) is 17.0. The van der Waals surface area contributed by atoms with Crippen LogP contribution in [0.4, 0.5) is 5.69 Å². The first-order valence-electron chi connectivity index (χ1n) is 9.65. The number of anilines is 1. The van der Waals surface area contributed by atoms with Gasteiger partial charge in [-0.1, -0.05) is 24.3 Å². The molecular weight excluding hydrogens is 378 g/mol. The van der Waals surface area contributed by atoms with Crippen molar-refractivity contribution in [2.45, 2.75) is 13.1 Å². The normalized spacial score (nSPS) is 12.7. The standard InChI is InChI=1S/C24H23N3O3/c1-29-22-12-9-18(23(13-22)30-2)14-25-26-24(28)17-7-10-21(11-8-17)27-15-19-5-3-4-6-20(19)16-27/h3-14H,15-16H2,1-2H3,(H,26,28)/b25-14-. The SMILES string of the molecule is COc1ccc(/C=N\NC(=O)c2ccc(N3Cc4ccccc4C3)cc2)c(OC)c1. The van der Waals surface area contributed by atoms with Crippen LogP contribution in [0.15, 0.2) is 71.8 Å². The largest absolute Gasteiger partial charge is 0.497 e. The summed E-state index contributed by atoms with van der Waals surface area (Å²) in [6.07, 6.45) is 1.55. The Hall–Kier alpha value is -3.80. The molecule has 6 heteroatoms. The summed E-state index contributed by atoms with van der Waals surface area (Å²) in [5.74, 6) is 1.03. The fourth-order valence-electron chi connectivity index (χ4n) is 3.49. The lowest BCUT2D eigenvalue weighted by molar-refractivity contribution is 0.0955. The summed E-state index contributed by atoms with van der Waals surface area (Å²) >= 11 is 0. The van der Waals surface area contributed by atoms with Gasteiger partial charge < -0.3 is 14.4 Å². The number of methoxy groups -OCH3 is 2. The number of hydrogen-bond donors (Lipinski definition) is 1. The maximum atomic E-state index is 12.4. The van der Waals surface area contributed by atoms with Crippen LogP contribution >= 0.6 is 0 Å². The predicted molar refractivity (Wildman–Crippen MR) is 117 cm³/mol. The molecule has 0 fully saturated rings. The molecule has 6 nitrogen and oxygen atoms in total. The van der Waals surface area contributed by atoms with Gasteiger partial charge in [-0.3, -0.25) is 4.79 Å². The summed E-state index contributed by atoms with van der Waals surface area (Å²) < 4.78 is 10.5. The molecule has 0 atom stereocenters. The second-order valence-electron chi connectivity index (χ2n) is 6.98. The number of rotatable bonds is 6. The van der Waals surface area contributed by atoms with Gasteiger partial charge in [0.1, 0.15) is 11.5 Å². The Labute approximate surface area is 175 Å². The van der Waals surface area contributed by atoms with Crippen LogP contribution in [0.1, 0.15) is 27.0 Å². The van der Waals surface area contributed by atoms with Crippen LogP contribution in [0, 0.1) is 0 Å². The van der Waals surface area contributed by atoms with Crippen molar-refractivity contribution in [2.75, 3.05) is 19.1 Å². The molecule has 152 valence electrons. The summed E-state index contributed by atoms with van der Waals surface area (Å²) in [7, 11) is 3.17. The van der Waals surface area contributed by atoms with E-state index in [1.165, 1.54) is 11.1 Å². The molecule has 0 spiro atoms. The average Bonchev–Trinajstić information content (AvgIpc) is 3.23. The molecule has 1 amide bonds. The predicted octanol–water partition coefficient (Wildman–Crippen LogP) is 3.99. The minimum Gasteiger partial charge on any atom is -0.497 e. The van der Waals surface area contributed by atoms with E-state index >= 15 is 0 Å². The molecule has 0 radical (unpaired) electrons. The van der Waals surface area contributed by atoms with Crippen molar-refractivity contribution in [1.82, 2.24) is 5.43 Å². The number of nitrogens with one attached hydrogen (secondary N) is 1. The molecule has 1 aliphatic rings. The summed E-state index contributed by atoms with van der Waals surface area (Å²) in [4.78, 5) is 14.7. The molecule has 0 bridgehead atoms. The van der Waals surface area contributed by atoms with E-state index in [2.05, 4.69) is 39.7 Å². The monoisotopic (exact) mass is 401 g/mol. The molecule has 1 heterocycles. The molecule has 0 aliphatic carbocycles. The maximum absolute atomic E-state index is 12.4. The van der Waals surface area contributed by atoms with Gasteiger partial charge in [0.25, 0.3) is 5.91 Å². The molecule has 3 aromatic rings. The molecule has 4 rings (SSSR count). The van der Waals surface area contributed by atoms with Gasteiger partial charge in [0.2, 0.25) is 0 Å². The van der Waals surface area contributed by atoms with Gasteiger partial charge in [0.15, 0.2) is 0 Å². The average molecular weight is 401 g/mol. The van der Waals surface area contributed by atoms with E-state index in [0.29, 0.717) is 17.1 Å². The van der Waals surface area contributed by atoms with E-state index in [9.17, 15) is 4.79 Å². The van der Waals surface area contributed by atoms with E-state index in [0.717, 1.165) is 24.3 Å². The van der Waals surface area contributed by atoms with E-state index < -0.39 is 0 Å². The molecule has 1 aliphatic heterocycles. The summed E-state index contributed by atoms with van der Waals surface area (Å²) in [6, 6.07) is 21.4. The second-order valence-corrected chi connectivity index (χ2v) is 6.98. The van der Waals surface area contributed by atoms with Crippen LogP contribution < -0.4 is 19.8 Å². The van der Waals surface area contributed by atoms with Gasteiger partial charge in [-0.25, -0.2) is 5.43 Å². The fourth-order valence-corrected chi connectivity index (χ4v) is 3.49. The molecule has 1 N–H and O–H groups in total. The van der Waals surface area contributed by atoms with Crippen molar-refractivity contribution in [3.8, 4) is 11.5 Å². The van der Waals surface area contributed by atoms with Gasteiger partial charge in [-0.2, -0.15) is 5.10 Å². The Balaban J connectivity index is 1.38. The molecule has 3 aromatic carbocycles. The zero-order chi connectivity index (χ0) is 20.9. The first kappa shape index (κ1) is 19.5. The topological polar surface area (TPSA) is 63.2 Å². The van der Waals surface area contributed by atoms with Gasteiger partial charge in [-0.05, 0) is 47.5 Å². The minimum atomic E-state index is -0.269. The lowest BCUT2D eigenvalue weighted by atomic mass is 10.1.